The fourth-order valence-electron chi connectivity index (χ4n) is 1.30. The second-order valence-corrected chi connectivity index (χ2v) is 4.35. The van der Waals surface area contributed by atoms with Crippen molar-refractivity contribution in [3.8, 4) is 11.8 Å². The highest BCUT2D eigenvalue weighted by Gasteiger charge is 1.97. The first-order valence-electron chi connectivity index (χ1n) is 5.40. The largest absolute Gasteiger partial charge is 0.298 e. The van der Waals surface area contributed by atoms with Crippen molar-refractivity contribution in [3.05, 3.63) is 21.9 Å². The Kier molecular flexibility index (Phi) is 5.80. The van der Waals surface area contributed by atoms with E-state index in [4.69, 9.17) is 0 Å². The summed E-state index contributed by atoms with van der Waals surface area (Å²) in [6.45, 7) is 2.20. The first kappa shape index (κ1) is 12.0. The van der Waals surface area contributed by atoms with Crippen molar-refractivity contribution in [2.24, 2.45) is 0 Å². The zero-order valence-corrected chi connectivity index (χ0v) is 9.90. The van der Waals surface area contributed by atoms with Crippen LogP contribution in [0.3, 0.4) is 0 Å². The zero-order chi connectivity index (χ0) is 10.9. The highest BCUT2D eigenvalue weighted by Crippen LogP contribution is 2.13. The molecule has 0 spiro atoms. The van der Waals surface area contributed by atoms with E-state index in [-0.39, 0.29) is 0 Å². The number of carbonyl (C=O) groups is 1. The Hall–Kier alpha value is -1.07. The maximum atomic E-state index is 10.6. The Labute approximate surface area is 95.5 Å². The zero-order valence-electron chi connectivity index (χ0n) is 9.08. The van der Waals surface area contributed by atoms with Crippen LogP contribution in [0.15, 0.2) is 11.4 Å². The van der Waals surface area contributed by atoms with Crippen LogP contribution < -0.4 is 0 Å². The molecule has 0 bridgehead atoms. The predicted octanol–water partition coefficient (Wildman–Crippen LogP) is 3.88. The SMILES string of the molecule is CCCCCCC#Cc1sccc1C=O. The van der Waals surface area contributed by atoms with E-state index in [1.54, 1.807) is 0 Å². The van der Waals surface area contributed by atoms with Crippen molar-refractivity contribution in [1.29, 1.82) is 0 Å². The Morgan fingerprint density at radius 1 is 1.40 bits per heavy atom. The summed E-state index contributed by atoms with van der Waals surface area (Å²) < 4.78 is 0. The van der Waals surface area contributed by atoms with Gasteiger partial charge in [-0.2, -0.15) is 0 Å². The Morgan fingerprint density at radius 2 is 2.27 bits per heavy atom. The Balaban J connectivity index is 2.34. The van der Waals surface area contributed by atoms with Crippen LogP contribution in [0.25, 0.3) is 0 Å². The van der Waals surface area contributed by atoms with Crippen molar-refractivity contribution < 1.29 is 4.79 Å². The van der Waals surface area contributed by atoms with Gasteiger partial charge in [0, 0.05) is 12.0 Å². The average molecular weight is 220 g/mol. The number of carbonyl (C=O) groups excluding carboxylic acids is 1. The van der Waals surface area contributed by atoms with Gasteiger partial charge in [0.2, 0.25) is 0 Å². The summed E-state index contributed by atoms with van der Waals surface area (Å²) in [4.78, 5) is 11.5. The van der Waals surface area contributed by atoms with Crippen LogP contribution in [0.4, 0.5) is 0 Å². The first-order chi connectivity index (χ1) is 7.38. The van der Waals surface area contributed by atoms with E-state index in [1.165, 1.54) is 37.0 Å². The average Bonchev–Trinajstić information content (AvgIpc) is 2.70. The molecule has 1 aromatic heterocycles. The lowest BCUT2D eigenvalue weighted by Gasteiger charge is -1.91. The molecule has 0 radical (unpaired) electrons. The third-order valence-electron chi connectivity index (χ3n) is 2.18. The van der Waals surface area contributed by atoms with E-state index in [0.717, 1.165) is 23.1 Å². The van der Waals surface area contributed by atoms with E-state index < -0.39 is 0 Å². The van der Waals surface area contributed by atoms with Crippen LogP contribution in [0.2, 0.25) is 0 Å². The lowest BCUT2D eigenvalue weighted by molar-refractivity contribution is 0.112. The summed E-state index contributed by atoms with van der Waals surface area (Å²) in [5, 5.41) is 1.91. The normalized spacial score (nSPS) is 9.40. The second-order valence-electron chi connectivity index (χ2n) is 3.44. The molecular weight excluding hydrogens is 204 g/mol. The molecule has 0 aliphatic carbocycles. The van der Waals surface area contributed by atoms with E-state index in [1.807, 2.05) is 11.4 Å². The maximum absolute atomic E-state index is 10.6. The molecule has 2 heteroatoms. The smallest absolute Gasteiger partial charge is 0.152 e. The van der Waals surface area contributed by atoms with Crippen molar-refractivity contribution in [2.45, 2.75) is 39.0 Å². The quantitative estimate of drug-likeness (QED) is 0.418. The third-order valence-corrected chi connectivity index (χ3v) is 3.03. The van der Waals surface area contributed by atoms with Gasteiger partial charge < -0.3 is 0 Å². The molecule has 0 unspecified atom stereocenters. The van der Waals surface area contributed by atoms with E-state index in [0.29, 0.717) is 0 Å². The molecule has 0 aromatic carbocycles. The highest BCUT2D eigenvalue weighted by atomic mass is 32.1. The maximum Gasteiger partial charge on any atom is 0.152 e. The first-order valence-corrected chi connectivity index (χ1v) is 6.28. The number of unbranched alkanes of at least 4 members (excludes halogenated alkanes) is 4. The Morgan fingerprint density at radius 3 is 3.00 bits per heavy atom. The van der Waals surface area contributed by atoms with Crippen LogP contribution in [-0.2, 0) is 0 Å². The summed E-state index contributed by atoms with van der Waals surface area (Å²) in [6.07, 6.45) is 6.79. The van der Waals surface area contributed by atoms with Gasteiger partial charge in [0.1, 0.15) is 0 Å². The van der Waals surface area contributed by atoms with Crippen LogP contribution in [0.1, 0.15) is 54.3 Å². The molecular formula is C13H16OS. The van der Waals surface area contributed by atoms with E-state index in [2.05, 4.69) is 18.8 Å². The molecule has 80 valence electrons. The minimum atomic E-state index is 0.723. The molecule has 0 N–H and O–H groups in total. The summed E-state index contributed by atoms with van der Waals surface area (Å²) in [7, 11) is 0. The molecule has 0 aliphatic rings. The Bertz CT molecular complexity index is 354. The van der Waals surface area contributed by atoms with Gasteiger partial charge in [-0.3, -0.25) is 4.79 Å². The van der Waals surface area contributed by atoms with Gasteiger partial charge in [-0.25, -0.2) is 0 Å². The van der Waals surface area contributed by atoms with E-state index >= 15 is 0 Å². The molecule has 0 atom stereocenters. The molecule has 0 saturated carbocycles. The van der Waals surface area contributed by atoms with Crippen molar-refractivity contribution >= 4 is 17.6 Å². The molecule has 0 amide bonds. The standard InChI is InChI=1S/C13H16OS/c1-2-3-4-5-6-7-8-13-12(11-14)9-10-15-13/h9-11H,2-6H2,1H3. The highest BCUT2D eigenvalue weighted by molar-refractivity contribution is 7.10. The van der Waals surface area contributed by atoms with Crippen molar-refractivity contribution in [2.75, 3.05) is 0 Å². The van der Waals surface area contributed by atoms with Gasteiger partial charge in [0.05, 0.1) is 4.88 Å². The minimum absolute atomic E-state index is 0.723. The molecule has 15 heavy (non-hydrogen) atoms. The number of hydrogen-bond acceptors (Lipinski definition) is 2. The molecule has 1 aromatic rings. The number of aldehydes is 1. The fourth-order valence-corrected chi connectivity index (χ4v) is 2.03. The monoisotopic (exact) mass is 220 g/mol. The molecule has 1 heterocycles. The van der Waals surface area contributed by atoms with Gasteiger partial charge >= 0.3 is 0 Å². The molecule has 0 fully saturated rings. The number of hydrogen-bond donors (Lipinski definition) is 0. The third kappa shape index (κ3) is 4.31. The van der Waals surface area contributed by atoms with Gasteiger partial charge in [-0.15, -0.1) is 11.3 Å². The summed E-state index contributed by atoms with van der Waals surface area (Å²) in [5.74, 6) is 6.18. The van der Waals surface area contributed by atoms with Crippen LogP contribution in [0.5, 0.6) is 0 Å². The van der Waals surface area contributed by atoms with Gasteiger partial charge in [-0.05, 0) is 17.9 Å². The lowest BCUT2D eigenvalue weighted by atomic mass is 10.1. The molecule has 0 saturated heterocycles. The van der Waals surface area contributed by atoms with Gasteiger partial charge in [0.15, 0.2) is 6.29 Å². The summed E-state index contributed by atoms with van der Waals surface area (Å²) in [5.41, 5.74) is 0.723. The topological polar surface area (TPSA) is 17.1 Å². The van der Waals surface area contributed by atoms with Crippen molar-refractivity contribution in [3.63, 3.8) is 0 Å². The molecule has 0 aliphatic heterocycles. The van der Waals surface area contributed by atoms with Gasteiger partial charge in [0.25, 0.3) is 0 Å². The minimum Gasteiger partial charge on any atom is -0.298 e. The van der Waals surface area contributed by atoms with Crippen LogP contribution >= 0.6 is 11.3 Å². The summed E-state index contributed by atoms with van der Waals surface area (Å²) in [6, 6.07) is 1.82. The fraction of sp³-hybridized carbons (Fsp3) is 0.462. The van der Waals surface area contributed by atoms with E-state index in [9.17, 15) is 4.79 Å². The summed E-state index contributed by atoms with van der Waals surface area (Å²) >= 11 is 1.54. The van der Waals surface area contributed by atoms with Crippen molar-refractivity contribution in [1.82, 2.24) is 0 Å². The molecule has 1 nitrogen and oxygen atoms in total. The van der Waals surface area contributed by atoms with Crippen LogP contribution in [-0.4, -0.2) is 6.29 Å². The predicted molar refractivity (Wildman–Crippen MR) is 65.3 cm³/mol. The van der Waals surface area contributed by atoms with Gasteiger partial charge in [-0.1, -0.05) is 38.0 Å². The molecule has 1 rings (SSSR count). The number of rotatable bonds is 5. The number of thiophene rings is 1. The lowest BCUT2D eigenvalue weighted by Crippen LogP contribution is -1.78. The second kappa shape index (κ2) is 7.25. The van der Waals surface area contributed by atoms with Crippen LogP contribution in [0, 0.1) is 11.8 Å².